The maximum atomic E-state index is 15.2. The van der Waals surface area contributed by atoms with Gasteiger partial charge in [0.1, 0.15) is 5.71 Å². The molecule has 2 aliphatic heterocycles. The highest BCUT2D eigenvalue weighted by atomic mass is 32.2. The molecule has 0 spiro atoms. The molecule has 2 aliphatic rings. The average molecular weight is 354 g/mol. The van der Waals surface area contributed by atoms with Crippen LogP contribution in [0, 0.1) is 13.8 Å². The van der Waals surface area contributed by atoms with Crippen LogP contribution in [0.3, 0.4) is 0 Å². The number of rotatable bonds is 2. The molecule has 0 atom stereocenters. The first-order valence-corrected chi connectivity index (χ1v) is 8.88. The molecule has 0 aliphatic carbocycles. The molecule has 3 heterocycles. The van der Waals surface area contributed by atoms with Crippen molar-refractivity contribution in [1.82, 2.24) is 4.48 Å². The number of allylic oxidation sites excluding steroid dienone is 3. The predicted molar refractivity (Wildman–Crippen MR) is 89.6 cm³/mol. The molecule has 0 fully saturated rings. The summed E-state index contributed by atoms with van der Waals surface area (Å²) in [6.45, 7) is 2.50. The lowest BCUT2D eigenvalue weighted by atomic mass is 9.89. The van der Waals surface area contributed by atoms with E-state index in [4.69, 9.17) is 4.55 Å². The minimum Gasteiger partial charge on any atom is -0.394 e. The maximum Gasteiger partial charge on any atom is 0.737 e. The second kappa shape index (κ2) is 5.00. The van der Waals surface area contributed by atoms with E-state index in [-0.39, 0.29) is 5.71 Å². The third-order valence-electron chi connectivity index (χ3n) is 4.57. The minimum absolute atomic E-state index is 0.250. The highest BCUT2D eigenvalue weighted by Crippen LogP contribution is 2.38. The average Bonchev–Trinajstić information content (AvgIpc) is 2.84. The molecule has 0 unspecified atom stereocenters. The standard InChI is InChI=1S/C15H17BF2N2O3S/c1-9-7-10(2)19-14(9)8-15-11(3)13(5-6-24(21,22)23)12(4)20(15)16(19,17)18/h5-8H,1-4H3,(H,21,22,23)/b6-5+. The number of fused-ring (bicyclic) bond motifs is 2. The fraction of sp³-hybridized carbons (Fsp3) is 0.267. The van der Waals surface area contributed by atoms with E-state index >= 15 is 8.63 Å². The molecule has 0 radical (unpaired) electrons. The van der Waals surface area contributed by atoms with Crippen LogP contribution in [0.1, 0.15) is 30.8 Å². The summed E-state index contributed by atoms with van der Waals surface area (Å²) < 4.78 is 63.1. The van der Waals surface area contributed by atoms with Gasteiger partial charge in [-0.2, -0.15) is 8.42 Å². The Labute approximate surface area is 139 Å². The van der Waals surface area contributed by atoms with Crippen molar-refractivity contribution in [1.29, 1.82) is 0 Å². The van der Waals surface area contributed by atoms with Crippen LogP contribution in [0.25, 0.3) is 6.08 Å². The van der Waals surface area contributed by atoms with Gasteiger partial charge in [0.15, 0.2) is 5.70 Å². The molecule has 1 N–H and O–H groups in total. The Hall–Kier alpha value is -2.00. The van der Waals surface area contributed by atoms with E-state index in [2.05, 4.69) is 0 Å². The largest absolute Gasteiger partial charge is 0.737 e. The van der Waals surface area contributed by atoms with Crippen molar-refractivity contribution in [2.45, 2.75) is 27.7 Å². The Morgan fingerprint density at radius 2 is 1.88 bits per heavy atom. The monoisotopic (exact) mass is 354 g/mol. The molecule has 1 aromatic heterocycles. The molecule has 128 valence electrons. The molecule has 1 aromatic rings. The summed E-state index contributed by atoms with van der Waals surface area (Å²) in [7, 11) is -4.33. The van der Waals surface area contributed by atoms with Crippen molar-refractivity contribution in [2.75, 3.05) is 0 Å². The van der Waals surface area contributed by atoms with Crippen molar-refractivity contribution in [3.05, 3.63) is 51.3 Å². The summed E-state index contributed by atoms with van der Waals surface area (Å²) in [5.41, 5.74) is 3.18. The van der Waals surface area contributed by atoms with Crippen LogP contribution in [-0.4, -0.2) is 34.6 Å². The summed E-state index contributed by atoms with van der Waals surface area (Å²) in [6.07, 6.45) is 2.84. The molecule has 0 saturated carbocycles. The number of aromatic nitrogens is 1. The summed E-state index contributed by atoms with van der Waals surface area (Å²) in [4.78, 5) is 0. The second-order valence-corrected chi connectivity index (χ2v) is 7.46. The third kappa shape index (κ3) is 2.30. The van der Waals surface area contributed by atoms with Crippen LogP contribution in [0.5, 0.6) is 0 Å². The SMILES string of the molecule is CC1=C(/C=C/S(=O)(=O)O)C(C)=[N+]2C1=Cc1c(C)cc(C)n1[B-]2(F)F. The van der Waals surface area contributed by atoms with E-state index in [1.54, 1.807) is 32.9 Å². The van der Waals surface area contributed by atoms with Gasteiger partial charge in [0.05, 0.1) is 5.41 Å². The van der Waals surface area contributed by atoms with Gasteiger partial charge in [0.25, 0.3) is 10.1 Å². The van der Waals surface area contributed by atoms with Gasteiger partial charge in [-0.25, -0.2) is 0 Å². The van der Waals surface area contributed by atoms with Crippen LogP contribution in [-0.2, 0) is 10.1 Å². The summed E-state index contributed by atoms with van der Waals surface area (Å²) in [6, 6.07) is 1.72. The fourth-order valence-corrected chi connectivity index (χ4v) is 3.86. The molecule has 9 heteroatoms. The van der Waals surface area contributed by atoms with Gasteiger partial charge >= 0.3 is 6.97 Å². The minimum atomic E-state index is -4.33. The number of hydrogen-bond acceptors (Lipinski definition) is 2. The van der Waals surface area contributed by atoms with Crippen LogP contribution >= 0.6 is 0 Å². The van der Waals surface area contributed by atoms with Crippen LogP contribution < -0.4 is 0 Å². The smallest absolute Gasteiger partial charge is 0.394 e. The topological polar surface area (TPSA) is 62.3 Å². The second-order valence-electron chi connectivity index (χ2n) is 6.15. The Morgan fingerprint density at radius 3 is 2.46 bits per heavy atom. The first kappa shape index (κ1) is 16.8. The molecule has 3 rings (SSSR count). The van der Waals surface area contributed by atoms with E-state index in [9.17, 15) is 8.42 Å². The van der Waals surface area contributed by atoms with Crippen LogP contribution in [0.2, 0.25) is 0 Å². The zero-order valence-corrected chi connectivity index (χ0v) is 14.5. The van der Waals surface area contributed by atoms with Crippen molar-refractivity contribution < 1.29 is 26.1 Å². The van der Waals surface area contributed by atoms with E-state index in [1.807, 2.05) is 0 Å². The van der Waals surface area contributed by atoms with Crippen molar-refractivity contribution >= 4 is 28.9 Å². The fourth-order valence-electron chi connectivity index (χ4n) is 3.56. The van der Waals surface area contributed by atoms with Crippen molar-refractivity contribution in [2.24, 2.45) is 0 Å². The van der Waals surface area contributed by atoms with Gasteiger partial charge in [-0.15, -0.1) is 0 Å². The quantitative estimate of drug-likeness (QED) is 0.656. The summed E-state index contributed by atoms with van der Waals surface area (Å²) in [5, 5.41) is 0.607. The Morgan fingerprint density at radius 1 is 1.25 bits per heavy atom. The van der Waals surface area contributed by atoms with E-state index < -0.39 is 17.1 Å². The van der Waals surface area contributed by atoms with E-state index in [0.29, 0.717) is 33.6 Å². The van der Waals surface area contributed by atoms with Crippen LogP contribution in [0.15, 0.2) is 34.4 Å². The number of nitrogens with zero attached hydrogens (tertiary/aromatic N) is 2. The van der Waals surface area contributed by atoms with Gasteiger partial charge in [-0.3, -0.25) is 4.55 Å². The van der Waals surface area contributed by atoms with Crippen LogP contribution in [0.4, 0.5) is 8.63 Å². The van der Waals surface area contributed by atoms with Gasteiger partial charge in [0.2, 0.25) is 0 Å². The lowest BCUT2D eigenvalue weighted by Crippen LogP contribution is -2.50. The first-order valence-electron chi connectivity index (χ1n) is 7.38. The summed E-state index contributed by atoms with van der Waals surface area (Å²) in [5.74, 6) is 0. The highest BCUT2D eigenvalue weighted by molar-refractivity contribution is 7.88. The molecule has 0 bridgehead atoms. The number of halogens is 2. The van der Waals surface area contributed by atoms with Crippen molar-refractivity contribution in [3.8, 4) is 0 Å². The molecule has 0 saturated heterocycles. The van der Waals surface area contributed by atoms with Gasteiger partial charge in [0, 0.05) is 29.8 Å². The first-order chi connectivity index (χ1) is 10.9. The van der Waals surface area contributed by atoms with E-state index in [1.165, 1.54) is 6.92 Å². The third-order valence-corrected chi connectivity index (χ3v) is 5.05. The maximum absolute atomic E-state index is 15.2. The van der Waals surface area contributed by atoms with Gasteiger partial charge in [-0.05, 0) is 44.2 Å². The van der Waals surface area contributed by atoms with Gasteiger partial charge in [-0.1, -0.05) is 0 Å². The predicted octanol–water partition coefficient (Wildman–Crippen LogP) is 2.89. The number of aryl methyl sites for hydroxylation is 2. The lowest BCUT2D eigenvalue weighted by Gasteiger charge is -2.30. The Kier molecular flexibility index (Phi) is 3.51. The lowest BCUT2D eigenvalue weighted by molar-refractivity contribution is -0.363. The molecular formula is C15H17BF2N2O3S. The zero-order chi connectivity index (χ0) is 18.0. The molecule has 5 nitrogen and oxygen atoms in total. The molecule has 0 aromatic carbocycles. The molecular weight excluding hydrogens is 337 g/mol. The molecule has 0 amide bonds. The summed E-state index contributed by atoms with van der Waals surface area (Å²) >= 11 is 0. The van der Waals surface area contributed by atoms with Crippen molar-refractivity contribution in [3.63, 3.8) is 0 Å². The molecule has 24 heavy (non-hydrogen) atoms. The zero-order valence-electron chi connectivity index (χ0n) is 13.7. The highest BCUT2D eigenvalue weighted by Gasteiger charge is 2.54. The van der Waals surface area contributed by atoms with E-state index in [0.717, 1.165) is 20.6 Å². The normalized spacial score (nSPS) is 19.9. The Balaban J connectivity index is 2.28. The Bertz CT molecular complexity index is 998. The van der Waals surface area contributed by atoms with Gasteiger partial charge < -0.3 is 17.6 Å². The number of hydrogen-bond donors (Lipinski definition) is 1.